The fraction of sp³-hybridized carbons (Fsp3) is 0.423. The van der Waals surface area contributed by atoms with E-state index < -0.39 is 16.8 Å². The first-order valence-electron chi connectivity index (χ1n) is 11.7. The van der Waals surface area contributed by atoms with E-state index in [0.717, 1.165) is 11.8 Å². The number of nitrogens with two attached hydrogens (primary N) is 1. The number of amides is 2. The van der Waals surface area contributed by atoms with Crippen molar-refractivity contribution in [3.63, 3.8) is 0 Å². The maximum Gasteiger partial charge on any atom is 0.410 e. The van der Waals surface area contributed by atoms with Crippen LogP contribution in [0.25, 0.3) is 0 Å². The molecule has 2 aromatic rings. The molecule has 1 fully saturated rings. The summed E-state index contributed by atoms with van der Waals surface area (Å²) in [4.78, 5) is 33.1. The van der Waals surface area contributed by atoms with Crippen molar-refractivity contribution in [2.24, 2.45) is 5.73 Å². The number of nitriles is 2. The maximum absolute atomic E-state index is 12.5. The van der Waals surface area contributed by atoms with Gasteiger partial charge in [0.15, 0.2) is 0 Å². The van der Waals surface area contributed by atoms with E-state index in [1.165, 1.54) is 0 Å². The van der Waals surface area contributed by atoms with Crippen molar-refractivity contribution in [2.75, 3.05) is 31.1 Å². The molecule has 0 bridgehead atoms. The van der Waals surface area contributed by atoms with Gasteiger partial charge in [-0.3, -0.25) is 4.79 Å². The normalized spacial score (nSPS) is 14.5. The molecule has 0 aliphatic carbocycles. The number of ether oxygens (including phenoxy) is 1. The first-order valence-corrected chi connectivity index (χ1v) is 12.6. The molecule has 36 heavy (non-hydrogen) atoms. The molecule has 1 saturated heterocycles. The molecule has 2 amide bonds. The minimum Gasteiger partial charge on any atom is -0.444 e. The van der Waals surface area contributed by atoms with Gasteiger partial charge in [-0.25, -0.2) is 9.78 Å². The van der Waals surface area contributed by atoms with Crippen molar-refractivity contribution in [3.8, 4) is 12.1 Å². The maximum atomic E-state index is 12.5. The van der Waals surface area contributed by atoms with Crippen molar-refractivity contribution in [2.45, 2.75) is 50.0 Å². The molecule has 0 saturated carbocycles. The van der Waals surface area contributed by atoms with E-state index in [-0.39, 0.29) is 11.7 Å². The lowest BCUT2D eigenvalue weighted by Crippen LogP contribution is -2.50. The van der Waals surface area contributed by atoms with E-state index in [9.17, 15) is 20.1 Å². The summed E-state index contributed by atoms with van der Waals surface area (Å²) in [5, 5.41) is 19.6. The number of thioether (sulfide) groups is 1. The van der Waals surface area contributed by atoms with Crippen LogP contribution in [-0.4, -0.2) is 53.7 Å². The van der Waals surface area contributed by atoms with E-state index in [1.807, 2.05) is 50.8 Å². The molecular formula is C26H30N6O3S. The highest BCUT2D eigenvalue weighted by molar-refractivity contribution is 8.00. The van der Waals surface area contributed by atoms with Gasteiger partial charge in [0.25, 0.3) is 0 Å². The Bertz CT molecular complexity index is 1210. The number of aromatic nitrogens is 1. The van der Waals surface area contributed by atoms with Gasteiger partial charge in [0, 0.05) is 26.2 Å². The van der Waals surface area contributed by atoms with E-state index in [0.29, 0.717) is 60.1 Å². The second-order valence-corrected chi connectivity index (χ2v) is 10.4. The molecule has 1 aromatic heterocycles. The van der Waals surface area contributed by atoms with Crippen LogP contribution in [0.4, 0.5) is 10.6 Å². The monoisotopic (exact) mass is 506 g/mol. The third-order valence-electron chi connectivity index (χ3n) is 5.65. The Kier molecular flexibility index (Phi) is 8.44. The van der Waals surface area contributed by atoms with E-state index in [1.54, 1.807) is 17.0 Å². The number of hydrogen-bond donors (Lipinski definition) is 1. The average molecular weight is 507 g/mol. The van der Waals surface area contributed by atoms with Gasteiger partial charge in [-0.2, -0.15) is 10.5 Å². The molecular weight excluding hydrogens is 476 g/mol. The number of hydrogen-bond acceptors (Lipinski definition) is 8. The van der Waals surface area contributed by atoms with Crippen LogP contribution in [0.5, 0.6) is 0 Å². The Morgan fingerprint density at radius 2 is 1.72 bits per heavy atom. The molecule has 1 unspecified atom stereocenters. The number of rotatable bonds is 6. The molecule has 0 spiro atoms. The lowest BCUT2D eigenvalue weighted by molar-refractivity contribution is -0.117. The van der Waals surface area contributed by atoms with Crippen LogP contribution < -0.4 is 10.6 Å². The molecule has 1 aliphatic heterocycles. The third-order valence-corrected chi connectivity index (χ3v) is 6.91. The predicted molar refractivity (Wildman–Crippen MR) is 137 cm³/mol. The predicted octanol–water partition coefficient (Wildman–Crippen LogP) is 3.76. The first kappa shape index (κ1) is 26.8. The summed E-state index contributed by atoms with van der Waals surface area (Å²) in [6.07, 6.45) is 0.0624. The standard InChI is InChI=1S/C26H30N6O3S/c1-5-18-19(15-27)23(31-11-13-32(14-12-31)25(34)35-26(2,3)4)30-24(20(18)16-28)36-21(22(29)33)17-9-7-6-8-10-17/h6-10,21H,5,11-14H2,1-4H3,(H2,29,33). The molecule has 10 heteroatoms. The SMILES string of the molecule is CCc1c(C#N)c(SC(C(N)=O)c2ccccc2)nc(N2CCN(C(=O)OC(C)(C)C)CC2)c1C#N. The van der Waals surface area contributed by atoms with Gasteiger partial charge in [0.2, 0.25) is 5.91 Å². The van der Waals surface area contributed by atoms with Gasteiger partial charge in [-0.15, -0.1) is 0 Å². The van der Waals surface area contributed by atoms with Crippen molar-refractivity contribution >= 4 is 29.6 Å². The molecule has 9 nitrogen and oxygen atoms in total. The van der Waals surface area contributed by atoms with Crippen LogP contribution in [0.3, 0.4) is 0 Å². The number of primary amides is 1. The summed E-state index contributed by atoms with van der Waals surface area (Å²) >= 11 is 1.11. The zero-order valence-electron chi connectivity index (χ0n) is 20.9. The molecule has 0 radical (unpaired) electrons. The molecule has 188 valence electrons. The van der Waals surface area contributed by atoms with Gasteiger partial charge < -0.3 is 20.3 Å². The van der Waals surface area contributed by atoms with E-state index in [4.69, 9.17) is 15.5 Å². The zero-order valence-corrected chi connectivity index (χ0v) is 21.8. The Morgan fingerprint density at radius 3 is 2.22 bits per heavy atom. The smallest absolute Gasteiger partial charge is 0.410 e. The second-order valence-electron chi connectivity index (χ2n) is 9.31. The summed E-state index contributed by atoms with van der Waals surface area (Å²) in [6.45, 7) is 9.02. The van der Waals surface area contributed by atoms with Crippen molar-refractivity contribution < 1.29 is 14.3 Å². The number of pyridine rings is 1. The number of carbonyl (C=O) groups excluding carboxylic acids is 2. The lowest BCUT2D eigenvalue weighted by Gasteiger charge is -2.36. The molecule has 2 N–H and O–H groups in total. The van der Waals surface area contributed by atoms with E-state index in [2.05, 4.69) is 12.1 Å². The van der Waals surface area contributed by atoms with Crippen molar-refractivity contribution in [1.82, 2.24) is 9.88 Å². The molecule has 1 aromatic carbocycles. The summed E-state index contributed by atoms with van der Waals surface area (Å²) < 4.78 is 5.47. The Morgan fingerprint density at radius 1 is 1.11 bits per heavy atom. The van der Waals surface area contributed by atoms with Crippen LogP contribution in [0.1, 0.15) is 55.2 Å². The van der Waals surface area contributed by atoms with Crippen LogP contribution in [0, 0.1) is 22.7 Å². The lowest BCUT2D eigenvalue weighted by atomic mass is 10.0. The zero-order chi connectivity index (χ0) is 26.5. The Hall–Kier alpha value is -3.76. The van der Waals surface area contributed by atoms with Crippen molar-refractivity contribution in [3.05, 3.63) is 52.6 Å². The van der Waals surface area contributed by atoms with Gasteiger partial charge in [0.05, 0.1) is 11.1 Å². The van der Waals surface area contributed by atoms with E-state index >= 15 is 0 Å². The number of nitrogens with zero attached hydrogens (tertiary/aromatic N) is 5. The number of carbonyl (C=O) groups is 2. The fourth-order valence-electron chi connectivity index (χ4n) is 3.95. The molecule has 1 atom stereocenters. The van der Waals surface area contributed by atoms with Crippen LogP contribution in [0.15, 0.2) is 35.4 Å². The fourth-order valence-corrected chi connectivity index (χ4v) is 5.01. The Balaban J connectivity index is 1.97. The number of anilines is 1. The van der Waals surface area contributed by atoms with Crippen molar-refractivity contribution in [1.29, 1.82) is 10.5 Å². The highest BCUT2D eigenvalue weighted by Gasteiger charge is 2.30. The summed E-state index contributed by atoms with van der Waals surface area (Å²) in [5.41, 5.74) is 7.03. The van der Waals surface area contributed by atoms with Crippen LogP contribution in [0.2, 0.25) is 0 Å². The quantitative estimate of drug-likeness (QED) is 0.585. The minimum absolute atomic E-state index is 0.275. The highest BCUT2D eigenvalue weighted by Crippen LogP contribution is 2.39. The minimum atomic E-state index is -0.750. The molecule has 1 aliphatic rings. The van der Waals surface area contributed by atoms with Gasteiger partial charge >= 0.3 is 6.09 Å². The molecule has 2 heterocycles. The summed E-state index contributed by atoms with van der Waals surface area (Å²) in [6, 6.07) is 13.5. The summed E-state index contributed by atoms with van der Waals surface area (Å²) in [5.74, 6) is -0.109. The summed E-state index contributed by atoms with van der Waals surface area (Å²) in [7, 11) is 0. The highest BCUT2D eigenvalue weighted by atomic mass is 32.2. The Labute approximate surface area is 215 Å². The topological polar surface area (TPSA) is 136 Å². The largest absolute Gasteiger partial charge is 0.444 e. The number of piperazine rings is 1. The number of benzene rings is 1. The van der Waals surface area contributed by atoms with Gasteiger partial charge in [-0.1, -0.05) is 49.0 Å². The van der Waals surface area contributed by atoms with Crippen LogP contribution >= 0.6 is 11.8 Å². The van der Waals surface area contributed by atoms with Crippen LogP contribution in [-0.2, 0) is 16.0 Å². The van der Waals surface area contributed by atoms with Gasteiger partial charge in [-0.05, 0) is 38.3 Å². The average Bonchev–Trinajstić information content (AvgIpc) is 2.85. The molecule has 3 rings (SSSR count). The second kappa shape index (κ2) is 11.3. The van der Waals surface area contributed by atoms with Gasteiger partial charge in [0.1, 0.15) is 33.8 Å². The first-order chi connectivity index (χ1) is 17.1. The third kappa shape index (κ3) is 6.07.